The fourth-order valence-electron chi connectivity index (χ4n) is 1.20. The molecule has 0 radical (unpaired) electrons. The summed E-state index contributed by atoms with van der Waals surface area (Å²) < 4.78 is 31.0. The van der Waals surface area contributed by atoms with Crippen LogP contribution in [0.2, 0.25) is 0 Å². The van der Waals surface area contributed by atoms with Crippen LogP contribution in [-0.2, 0) is 0 Å². The van der Waals surface area contributed by atoms with Crippen LogP contribution in [0, 0.1) is 11.6 Å². The minimum absolute atomic E-state index is 0.0619. The summed E-state index contributed by atoms with van der Waals surface area (Å²) in [4.78, 5) is 0. The Hall–Kier alpha value is -1.03. The topological polar surface area (TPSA) is 9.23 Å². The molecule has 1 aromatic rings. The second-order valence-electron chi connectivity index (χ2n) is 2.92. The highest BCUT2D eigenvalue weighted by molar-refractivity contribution is 7.80. The number of ether oxygens (including phenoxy) is 1. The largest absolute Gasteiger partial charge is 0.493 e. The highest BCUT2D eigenvalue weighted by atomic mass is 32.1. The molecule has 4 heteroatoms. The van der Waals surface area contributed by atoms with Crippen molar-refractivity contribution in [1.29, 1.82) is 0 Å². The molecule has 0 saturated carbocycles. The molecular weight excluding hydrogens is 218 g/mol. The van der Waals surface area contributed by atoms with Gasteiger partial charge in [-0.1, -0.05) is 12.2 Å². The Kier molecular flexibility index (Phi) is 4.62. The van der Waals surface area contributed by atoms with Gasteiger partial charge in [-0.3, -0.25) is 0 Å². The van der Waals surface area contributed by atoms with Crippen LogP contribution in [0.3, 0.4) is 0 Å². The molecule has 1 nitrogen and oxygen atoms in total. The summed E-state index contributed by atoms with van der Waals surface area (Å²) >= 11 is 4.03. The summed E-state index contributed by atoms with van der Waals surface area (Å²) in [6.07, 6.45) is 4.16. The van der Waals surface area contributed by atoms with Crippen LogP contribution in [0.4, 0.5) is 8.78 Å². The van der Waals surface area contributed by atoms with Gasteiger partial charge in [-0.2, -0.15) is 12.6 Å². The second-order valence-corrected chi connectivity index (χ2v) is 3.37. The lowest BCUT2D eigenvalue weighted by atomic mass is 10.1. The first kappa shape index (κ1) is 12.0. The number of hydrogen-bond acceptors (Lipinski definition) is 2. The van der Waals surface area contributed by atoms with E-state index in [9.17, 15) is 8.78 Å². The molecule has 0 fully saturated rings. The Morgan fingerprint density at radius 3 is 2.73 bits per heavy atom. The summed E-state index contributed by atoms with van der Waals surface area (Å²) in [5, 5.41) is 0. The Balaban J connectivity index is 3.03. The third-order valence-corrected chi connectivity index (χ3v) is 2.09. The monoisotopic (exact) mass is 230 g/mol. The van der Waals surface area contributed by atoms with E-state index in [1.165, 1.54) is 13.2 Å². The molecule has 0 atom stereocenters. The van der Waals surface area contributed by atoms with Gasteiger partial charge < -0.3 is 4.74 Å². The van der Waals surface area contributed by atoms with Crippen molar-refractivity contribution in [3.63, 3.8) is 0 Å². The van der Waals surface area contributed by atoms with Crippen molar-refractivity contribution >= 4 is 18.7 Å². The molecule has 15 heavy (non-hydrogen) atoms. The lowest BCUT2D eigenvalue weighted by molar-refractivity contribution is 0.383. The van der Waals surface area contributed by atoms with Gasteiger partial charge in [-0.25, -0.2) is 8.78 Å². The van der Waals surface area contributed by atoms with Crippen LogP contribution in [0.25, 0.3) is 6.08 Å². The first-order valence-corrected chi connectivity index (χ1v) is 5.12. The Bertz CT molecular complexity index is 364. The molecule has 0 unspecified atom stereocenters. The fourth-order valence-corrected chi connectivity index (χ4v) is 1.35. The highest BCUT2D eigenvalue weighted by Gasteiger charge is 2.09. The van der Waals surface area contributed by atoms with E-state index in [1.54, 1.807) is 12.2 Å². The SMILES string of the molecule is COc1c(F)cc(F)cc1C=CCCS. The number of allylic oxidation sites excluding steroid dienone is 1. The minimum Gasteiger partial charge on any atom is -0.493 e. The lowest BCUT2D eigenvalue weighted by Crippen LogP contribution is -1.93. The van der Waals surface area contributed by atoms with Crippen molar-refractivity contribution in [3.8, 4) is 5.75 Å². The van der Waals surface area contributed by atoms with Crippen LogP contribution >= 0.6 is 12.6 Å². The molecule has 1 aromatic carbocycles. The van der Waals surface area contributed by atoms with Gasteiger partial charge in [0.05, 0.1) is 7.11 Å². The maximum absolute atomic E-state index is 13.2. The van der Waals surface area contributed by atoms with Gasteiger partial charge in [0.2, 0.25) is 0 Å². The lowest BCUT2D eigenvalue weighted by Gasteiger charge is -2.06. The number of rotatable bonds is 4. The van der Waals surface area contributed by atoms with Crippen molar-refractivity contribution in [2.24, 2.45) is 0 Å². The first-order chi connectivity index (χ1) is 7.19. The average Bonchev–Trinajstić information content (AvgIpc) is 2.17. The number of benzene rings is 1. The summed E-state index contributed by atoms with van der Waals surface area (Å²) in [7, 11) is 1.35. The van der Waals surface area contributed by atoms with Gasteiger partial charge >= 0.3 is 0 Å². The molecule has 0 bridgehead atoms. The summed E-state index contributed by atoms with van der Waals surface area (Å²) in [5.41, 5.74) is 0.400. The standard InChI is InChI=1S/C11H12F2OS/c1-14-11-8(4-2-3-5-15)6-9(12)7-10(11)13/h2,4,6-7,15H,3,5H2,1H3. The molecule has 0 aliphatic carbocycles. The molecule has 0 heterocycles. The van der Waals surface area contributed by atoms with E-state index < -0.39 is 11.6 Å². The molecule has 0 amide bonds. The molecule has 82 valence electrons. The van der Waals surface area contributed by atoms with E-state index in [2.05, 4.69) is 12.6 Å². The number of methoxy groups -OCH3 is 1. The van der Waals surface area contributed by atoms with Gasteiger partial charge in [0.15, 0.2) is 11.6 Å². The summed E-state index contributed by atoms with van der Waals surface area (Å²) in [6.45, 7) is 0. The molecule has 1 rings (SSSR count). The predicted octanol–water partition coefficient (Wildman–Crippen LogP) is 3.31. The van der Waals surface area contributed by atoms with E-state index in [1.807, 2.05) is 0 Å². The molecule has 0 N–H and O–H groups in total. The molecule has 0 aromatic heterocycles. The van der Waals surface area contributed by atoms with Crippen LogP contribution in [0.1, 0.15) is 12.0 Å². The van der Waals surface area contributed by atoms with E-state index in [0.717, 1.165) is 12.5 Å². The second kappa shape index (κ2) is 5.75. The number of thiol groups is 1. The zero-order valence-electron chi connectivity index (χ0n) is 8.34. The third kappa shape index (κ3) is 3.23. The normalized spacial score (nSPS) is 10.9. The van der Waals surface area contributed by atoms with Crippen LogP contribution < -0.4 is 4.74 Å². The van der Waals surface area contributed by atoms with E-state index in [-0.39, 0.29) is 5.75 Å². The highest BCUT2D eigenvalue weighted by Crippen LogP contribution is 2.25. The minimum atomic E-state index is -0.692. The molecule has 0 saturated heterocycles. The van der Waals surface area contributed by atoms with Crippen LogP contribution in [0.5, 0.6) is 5.75 Å². The molecule has 0 aliphatic heterocycles. The van der Waals surface area contributed by atoms with Crippen molar-refractivity contribution in [2.45, 2.75) is 6.42 Å². The maximum Gasteiger partial charge on any atom is 0.168 e. The van der Waals surface area contributed by atoms with Crippen molar-refractivity contribution < 1.29 is 13.5 Å². The van der Waals surface area contributed by atoms with Gasteiger partial charge in [-0.15, -0.1) is 0 Å². The zero-order valence-corrected chi connectivity index (χ0v) is 9.23. The summed E-state index contributed by atoms with van der Waals surface area (Å²) in [5.74, 6) is -0.551. The molecule has 0 aliphatic rings. The van der Waals surface area contributed by atoms with E-state index >= 15 is 0 Å². The Morgan fingerprint density at radius 1 is 1.40 bits per heavy atom. The van der Waals surface area contributed by atoms with Gasteiger partial charge in [-0.05, 0) is 18.2 Å². The van der Waals surface area contributed by atoms with Crippen LogP contribution in [-0.4, -0.2) is 12.9 Å². The zero-order chi connectivity index (χ0) is 11.3. The van der Waals surface area contributed by atoms with Crippen LogP contribution in [0.15, 0.2) is 18.2 Å². The van der Waals surface area contributed by atoms with Crippen molar-refractivity contribution in [2.75, 3.05) is 12.9 Å². The third-order valence-electron chi connectivity index (χ3n) is 1.83. The van der Waals surface area contributed by atoms with E-state index in [0.29, 0.717) is 11.3 Å². The summed E-state index contributed by atoms with van der Waals surface area (Å²) in [6, 6.07) is 2.03. The smallest absolute Gasteiger partial charge is 0.168 e. The van der Waals surface area contributed by atoms with E-state index in [4.69, 9.17) is 4.74 Å². The Labute approximate surface area is 93.2 Å². The van der Waals surface area contributed by atoms with Gasteiger partial charge in [0, 0.05) is 11.6 Å². The van der Waals surface area contributed by atoms with Gasteiger partial charge in [0.25, 0.3) is 0 Å². The molecule has 0 spiro atoms. The predicted molar refractivity (Wildman–Crippen MR) is 60.4 cm³/mol. The maximum atomic E-state index is 13.2. The Morgan fingerprint density at radius 2 is 2.13 bits per heavy atom. The van der Waals surface area contributed by atoms with Crippen molar-refractivity contribution in [3.05, 3.63) is 35.4 Å². The fraction of sp³-hybridized carbons (Fsp3) is 0.273. The number of halogens is 2. The van der Waals surface area contributed by atoms with Gasteiger partial charge in [0.1, 0.15) is 5.82 Å². The quantitative estimate of drug-likeness (QED) is 0.781. The first-order valence-electron chi connectivity index (χ1n) is 4.49. The average molecular weight is 230 g/mol. The number of hydrogen-bond donors (Lipinski definition) is 1. The molecular formula is C11H12F2OS. The van der Waals surface area contributed by atoms with Crippen molar-refractivity contribution in [1.82, 2.24) is 0 Å².